The van der Waals surface area contributed by atoms with Crippen LogP contribution in [0.3, 0.4) is 0 Å². The summed E-state index contributed by atoms with van der Waals surface area (Å²) in [6.45, 7) is 3.90. The SMILES string of the molecule is Cc1noc(COCC(=O)N2CCNCC2c2cccc(Cl)c2)n1. The summed E-state index contributed by atoms with van der Waals surface area (Å²) in [4.78, 5) is 18.4. The third-order valence-corrected chi connectivity index (χ3v) is 4.05. The van der Waals surface area contributed by atoms with Crippen LogP contribution in [-0.4, -0.2) is 47.2 Å². The molecule has 1 saturated heterocycles. The molecule has 8 heteroatoms. The fourth-order valence-corrected chi connectivity index (χ4v) is 2.92. The predicted octanol–water partition coefficient (Wildman–Crippen LogP) is 1.72. The Morgan fingerprint density at radius 2 is 2.42 bits per heavy atom. The van der Waals surface area contributed by atoms with E-state index in [0.29, 0.717) is 29.8 Å². The Bertz CT molecular complexity index is 706. The van der Waals surface area contributed by atoms with E-state index in [-0.39, 0.29) is 25.2 Å². The summed E-state index contributed by atoms with van der Waals surface area (Å²) in [6.07, 6.45) is 0. The Hall–Kier alpha value is -1.96. The maximum absolute atomic E-state index is 12.5. The van der Waals surface area contributed by atoms with Gasteiger partial charge < -0.3 is 19.5 Å². The molecule has 1 aliphatic rings. The molecule has 0 bridgehead atoms. The zero-order valence-electron chi connectivity index (χ0n) is 13.4. The molecule has 1 N–H and O–H groups in total. The zero-order chi connectivity index (χ0) is 16.9. The number of aromatic nitrogens is 2. The van der Waals surface area contributed by atoms with Crippen molar-refractivity contribution in [2.45, 2.75) is 19.6 Å². The molecule has 0 saturated carbocycles. The van der Waals surface area contributed by atoms with Gasteiger partial charge in [-0.2, -0.15) is 4.98 Å². The third-order valence-electron chi connectivity index (χ3n) is 3.82. The van der Waals surface area contributed by atoms with Crippen LogP contribution in [0.1, 0.15) is 23.3 Å². The molecule has 1 atom stereocenters. The number of hydrogen-bond acceptors (Lipinski definition) is 6. The van der Waals surface area contributed by atoms with Gasteiger partial charge in [-0.3, -0.25) is 4.79 Å². The normalized spacial score (nSPS) is 17.9. The lowest BCUT2D eigenvalue weighted by atomic mass is 10.0. The van der Waals surface area contributed by atoms with Gasteiger partial charge in [0.25, 0.3) is 5.89 Å². The van der Waals surface area contributed by atoms with E-state index in [1.807, 2.05) is 29.2 Å². The lowest BCUT2D eigenvalue weighted by molar-refractivity contribution is -0.140. The summed E-state index contributed by atoms with van der Waals surface area (Å²) in [5, 5.41) is 7.65. The molecule has 24 heavy (non-hydrogen) atoms. The van der Waals surface area contributed by atoms with Crippen LogP contribution in [0.4, 0.5) is 0 Å². The van der Waals surface area contributed by atoms with Crippen LogP contribution in [0.5, 0.6) is 0 Å². The highest BCUT2D eigenvalue weighted by Crippen LogP contribution is 2.24. The van der Waals surface area contributed by atoms with Crippen molar-refractivity contribution < 1.29 is 14.1 Å². The highest BCUT2D eigenvalue weighted by atomic mass is 35.5. The molecule has 128 valence electrons. The van der Waals surface area contributed by atoms with Gasteiger partial charge in [0.1, 0.15) is 13.2 Å². The van der Waals surface area contributed by atoms with Gasteiger partial charge in [0.15, 0.2) is 5.82 Å². The van der Waals surface area contributed by atoms with E-state index in [9.17, 15) is 4.79 Å². The first-order valence-corrected chi connectivity index (χ1v) is 8.14. The number of piperazine rings is 1. The molecule has 1 aliphatic heterocycles. The number of rotatable bonds is 5. The summed E-state index contributed by atoms with van der Waals surface area (Å²) in [6, 6.07) is 7.53. The monoisotopic (exact) mass is 350 g/mol. The fraction of sp³-hybridized carbons (Fsp3) is 0.438. The van der Waals surface area contributed by atoms with E-state index in [4.69, 9.17) is 20.9 Å². The van der Waals surface area contributed by atoms with Crippen molar-refractivity contribution in [2.75, 3.05) is 26.2 Å². The van der Waals surface area contributed by atoms with E-state index in [2.05, 4.69) is 15.5 Å². The van der Waals surface area contributed by atoms with Gasteiger partial charge in [0.2, 0.25) is 5.91 Å². The van der Waals surface area contributed by atoms with Gasteiger partial charge in [-0.15, -0.1) is 0 Å². The van der Waals surface area contributed by atoms with Gasteiger partial charge in [-0.05, 0) is 24.6 Å². The number of carbonyl (C=O) groups excluding carboxylic acids is 1. The summed E-state index contributed by atoms with van der Waals surface area (Å²) in [5.41, 5.74) is 1.01. The Labute approximate surface area is 144 Å². The number of ether oxygens (including phenoxy) is 1. The van der Waals surface area contributed by atoms with E-state index >= 15 is 0 Å². The Kier molecular flexibility index (Phi) is 5.44. The van der Waals surface area contributed by atoms with E-state index in [1.165, 1.54) is 0 Å². The number of hydrogen-bond donors (Lipinski definition) is 1. The van der Waals surface area contributed by atoms with Gasteiger partial charge in [-0.25, -0.2) is 0 Å². The van der Waals surface area contributed by atoms with Crippen molar-refractivity contribution in [1.82, 2.24) is 20.4 Å². The second-order valence-electron chi connectivity index (χ2n) is 5.59. The first kappa shape index (κ1) is 16.9. The molecular weight excluding hydrogens is 332 g/mol. The van der Waals surface area contributed by atoms with Crippen molar-refractivity contribution in [2.24, 2.45) is 0 Å². The second-order valence-corrected chi connectivity index (χ2v) is 6.03. The van der Waals surface area contributed by atoms with Crippen LogP contribution >= 0.6 is 11.6 Å². The first-order valence-electron chi connectivity index (χ1n) is 7.76. The highest BCUT2D eigenvalue weighted by Gasteiger charge is 2.28. The molecule has 1 unspecified atom stereocenters. The number of nitrogens with one attached hydrogen (secondary N) is 1. The van der Waals surface area contributed by atoms with Gasteiger partial charge in [0.05, 0.1) is 6.04 Å². The molecule has 2 aromatic rings. The Balaban J connectivity index is 1.61. The first-order chi connectivity index (χ1) is 11.6. The third kappa shape index (κ3) is 4.11. The molecule has 2 heterocycles. The minimum atomic E-state index is -0.0716. The van der Waals surface area contributed by atoms with Gasteiger partial charge in [0, 0.05) is 24.7 Å². The lowest BCUT2D eigenvalue weighted by Gasteiger charge is -2.36. The molecule has 7 nitrogen and oxygen atoms in total. The van der Waals surface area contributed by atoms with Crippen molar-refractivity contribution in [3.63, 3.8) is 0 Å². The van der Waals surface area contributed by atoms with E-state index in [1.54, 1.807) is 6.92 Å². The smallest absolute Gasteiger partial charge is 0.252 e. The minimum Gasteiger partial charge on any atom is -0.362 e. The maximum atomic E-state index is 12.5. The molecule has 1 aromatic carbocycles. The van der Waals surface area contributed by atoms with Gasteiger partial charge in [-0.1, -0.05) is 28.9 Å². The molecule has 0 radical (unpaired) electrons. The summed E-state index contributed by atoms with van der Waals surface area (Å²) in [7, 11) is 0. The number of carbonyl (C=O) groups is 1. The molecule has 1 fully saturated rings. The van der Waals surface area contributed by atoms with Crippen LogP contribution in [0.15, 0.2) is 28.8 Å². The quantitative estimate of drug-likeness (QED) is 0.884. The molecule has 3 rings (SSSR count). The zero-order valence-corrected chi connectivity index (χ0v) is 14.1. The molecule has 0 aliphatic carbocycles. The summed E-state index contributed by atoms with van der Waals surface area (Å²) >= 11 is 6.07. The molecule has 0 spiro atoms. The van der Waals surface area contributed by atoms with Crippen LogP contribution in [0, 0.1) is 6.92 Å². The predicted molar refractivity (Wildman–Crippen MR) is 87.5 cm³/mol. The average molecular weight is 351 g/mol. The number of aryl methyl sites for hydroxylation is 1. The summed E-state index contributed by atoms with van der Waals surface area (Å²) < 4.78 is 10.4. The van der Waals surface area contributed by atoms with Gasteiger partial charge >= 0.3 is 0 Å². The molecule has 1 amide bonds. The molecular formula is C16H19ClN4O3. The van der Waals surface area contributed by atoms with E-state index < -0.39 is 0 Å². The number of amides is 1. The number of halogens is 1. The topological polar surface area (TPSA) is 80.5 Å². The van der Waals surface area contributed by atoms with Crippen molar-refractivity contribution in [3.05, 3.63) is 46.6 Å². The van der Waals surface area contributed by atoms with Crippen LogP contribution in [0.25, 0.3) is 0 Å². The Morgan fingerprint density at radius 1 is 1.54 bits per heavy atom. The van der Waals surface area contributed by atoms with Crippen molar-refractivity contribution >= 4 is 17.5 Å². The summed E-state index contributed by atoms with van der Waals surface area (Å²) in [5.74, 6) is 0.841. The van der Waals surface area contributed by atoms with E-state index in [0.717, 1.165) is 12.1 Å². The maximum Gasteiger partial charge on any atom is 0.252 e. The average Bonchev–Trinajstić information content (AvgIpc) is 3.00. The lowest BCUT2D eigenvalue weighted by Crippen LogP contribution is -2.49. The van der Waals surface area contributed by atoms with Crippen LogP contribution in [-0.2, 0) is 16.1 Å². The molecule has 1 aromatic heterocycles. The van der Waals surface area contributed by atoms with Crippen molar-refractivity contribution in [1.29, 1.82) is 0 Å². The largest absolute Gasteiger partial charge is 0.362 e. The van der Waals surface area contributed by atoms with Crippen LogP contribution in [0.2, 0.25) is 5.02 Å². The Morgan fingerprint density at radius 3 is 3.17 bits per heavy atom. The second kappa shape index (κ2) is 7.74. The van der Waals surface area contributed by atoms with Crippen molar-refractivity contribution in [3.8, 4) is 0 Å². The highest BCUT2D eigenvalue weighted by molar-refractivity contribution is 6.30. The standard InChI is InChI=1S/C16H19ClN4O3/c1-11-19-15(24-20-11)9-23-10-16(22)21-6-5-18-8-14(21)12-3-2-4-13(17)7-12/h2-4,7,14,18H,5-6,8-10H2,1H3. The number of nitrogens with zero attached hydrogens (tertiary/aromatic N) is 3. The fourth-order valence-electron chi connectivity index (χ4n) is 2.72. The van der Waals surface area contributed by atoms with Crippen LogP contribution < -0.4 is 5.32 Å². The number of benzene rings is 1. The minimum absolute atomic E-state index is 0.0293.